The predicted molar refractivity (Wildman–Crippen MR) is 88.4 cm³/mol. The molecule has 0 saturated carbocycles. The van der Waals surface area contributed by atoms with Gasteiger partial charge in [0.05, 0.1) is 17.4 Å². The molecule has 0 aliphatic rings. The van der Waals surface area contributed by atoms with Crippen LogP contribution in [0, 0.1) is 5.82 Å². The molecule has 0 radical (unpaired) electrons. The molecule has 1 unspecified atom stereocenters. The number of carbonyl (C=O) groups excluding carboxylic acids is 1. The molecule has 0 aliphatic heterocycles. The van der Waals surface area contributed by atoms with Crippen molar-refractivity contribution in [2.45, 2.75) is 17.1 Å². The molecule has 2 aromatic rings. The number of thioether (sulfide) groups is 1. The van der Waals surface area contributed by atoms with Gasteiger partial charge in [-0.1, -0.05) is 17.7 Å². The Labute approximate surface area is 137 Å². The molecule has 0 heterocycles. The van der Waals surface area contributed by atoms with Crippen LogP contribution in [0.5, 0.6) is 5.75 Å². The lowest BCUT2D eigenvalue weighted by atomic mass is 10.3. The number of carbonyl (C=O) groups is 1. The van der Waals surface area contributed by atoms with Gasteiger partial charge in [-0.25, -0.2) is 4.39 Å². The molecular formula is C16H15ClFNO2S. The summed E-state index contributed by atoms with van der Waals surface area (Å²) in [5, 5.41) is 2.51. The number of hydrogen-bond donors (Lipinski definition) is 1. The number of nitrogens with one attached hydrogen (secondary N) is 1. The summed E-state index contributed by atoms with van der Waals surface area (Å²) in [5.41, 5.74) is 0.661. The summed E-state index contributed by atoms with van der Waals surface area (Å²) in [4.78, 5) is 12.9. The summed E-state index contributed by atoms with van der Waals surface area (Å²) >= 11 is 7.05. The number of hydrogen-bond acceptors (Lipinski definition) is 3. The van der Waals surface area contributed by atoms with Gasteiger partial charge in [0.1, 0.15) is 11.6 Å². The van der Waals surface area contributed by atoms with Gasteiger partial charge >= 0.3 is 0 Å². The van der Waals surface area contributed by atoms with Crippen LogP contribution in [0.15, 0.2) is 47.4 Å². The third kappa shape index (κ3) is 4.39. The van der Waals surface area contributed by atoms with E-state index in [9.17, 15) is 9.18 Å². The highest BCUT2D eigenvalue weighted by Crippen LogP contribution is 2.28. The van der Waals surface area contributed by atoms with Crippen LogP contribution in [0.2, 0.25) is 5.02 Å². The van der Waals surface area contributed by atoms with Crippen LogP contribution in [0.4, 0.5) is 10.1 Å². The standard InChI is InChI=1S/C16H15ClFNO2S/c1-10(22-13-6-7-15(18)14(17)9-13)16(20)19-11-4-3-5-12(8-11)21-2/h3-10H,1-2H3,(H,19,20). The van der Waals surface area contributed by atoms with E-state index in [0.29, 0.717) is 11.4 Å². The van der Waals surface area contributed by atoms with Crippen molar-refractivity contribution in [3.63, 3.8) is 0 Å². The van der Waals surface area contributed by atoms with Crippen molar-refractivity contribution in [3.05, 3.63) is 53.3 Å². The fourth-order valence-corrected chi connectivity index (χ4v) is 2.90. The van der Waals surface area contributed by atoms with E-state index < -0.39 is 5.82 Å². The van der Waals surface area contributed by atoms with Crippen LogP contribution in [0.25, 0.3) is 0 Å². The number of halogens is 2. The number of methoxy groups -OCH3 is 1. The van der Waals surface area contributed by atoms with E-state index in [0.717, 1.165) is 4.90 Å². The second-order valence-corrected chi connectivity index (χ2v) is 6.38. The summed E-state index contributed by atoms with van der Waals surface area (Å²) in [6.45, 7) is 1.78. The average Bonchev–Trinajstić information content (AvgIpc) is 2.51. The Balaban J connectivity index is 2.00. The maximum absolute atomic E-state index is 13.1. The van der Waals surface area contributed by atoms with Gasteiger partial charge < -0.3 is 10.1 Å². The Morgan fingerprint density at radius 1 is 1.32 bits per heavy atom. The lowest BCUT2D eigenvalue weighted by molar-refractivity contribution is -0.115. The van der Waals surface area contributed by atoms with Gasteiger partial charge in [-0.15, -0.1) is 11.8 Å². The van der Waals surface area contributed by atoms with E-state index >= 15 is 0 Å². The van der Waals surface area contributed by atoms with Gasteiger partial charge in [0.25, 0.3) is 0 Å². The quantitative estimate of drug-likeness (QED) is 0.808. The predicted octanol–water partition coefficient (Wildman–Crippen LogP) is 4.61. The van der Waals surface area contributed by atoms with Gasteiger partial charge in [-0.05, 0) is 37.3 Å². The lowest BCUT2D eigenvalue weighted by Gasteiger charge is -2.13. The number of rotatable bonds is 5. The Bertz CT molecular complexity index is 681. The summed E-state index contributed by atoms with van der Waals surface area (Å²) < 4.78 is 18.2. The van der Waals surface area contributed by atoms with Crippen LogP contribution in [0.3, 0.4) is 0 Å². The van der Waals surface area contributed by atoms with Gasteiger partial charge in [-0.2, -0.15) is 0 Å². The maximum atomic E-state index is 13.1. The molecule has 0 fully saturated rings. The number of benzene rings is 2. The van der Waals surface area contributed by atoms with E-state index in [-0.39, 0.29) is 16.2 Å². The first-order valence-electron chi connectivity index (χ1n) is 6.56. The van der Waals surface area contributed by atoms with E-state index in [1.54, 1.807) is 44.4 Å². The molecule has 1 atom stereocenters. The largest absolute Gasteiger partial charge is 0.497 e. The van der Waals surface area contributed by atoms with Crippen molar-refractivity contribution in [2.75, 3.05) is 12.4 Å². The third-order valence-electron chi connectivity index (χ3n) is 2.91. The highest BCUT2D eigenvalue weighted by Gasteiger charge is 2.15. The molecule has 1 amide bonds. The molecule has 6 heteroatoms. The molecule has 0 aromatic heterocycles. The smallest absolute Gasteiger partial charge is 0.237 e. The normalized spacial score (nSPS) is 11.8. The minimum atomic E-state index is -0.473. The van der Waals surface area contributed by atoms with E-state index in [1.165, 1.54) is 23.9 Å². The van der Waals surface area contributed by atoms with Crippen molar-refractivity contribution < 1.29 is 13.9 Å². The lowest BCUT2D eigenvalue weighted by Crippen LogP contribution is -2.22. The van der Waals surface area contributed by atoms with Gasteiger partial charge in [-0.3, -0.25) is 4.79 Å². The fraction of sp³-hybridized carbons (Fsp3) is 0.188. The van der Waals surface area contributed by atoms with Crippen molar-refractivity contribution in [3.8, 4) is 5.75 Å². The molecule has 116 valence electrons. The Kier molecular flexibility index (Phi) is 5.69. The number of ether oxygens (including phenoxy) is 1. The first-order valence-corrected chi connectivity index (χ1v) is 7.82. The van der Waals surface area contributed by atoms with Crippen molar-refractivity contribution in [1.29, 1.82) is 0 Å². The van der Waals surface area contributed by atoms with Crippen LogP contribution in [-0.4, -0.2) is 18.3 Å². The topological polar surface area (TPSA) is 38.3 Å². The number of anilines is 1. The summed E-state index contributed by atoms with van der Waals surface area (Å²) in [6, 6.07) is 11.5. The first kappa shape index (κ1) is 16.6. The van der Waals surface area contributed by atoms with Crippen molar-refractivity contribution >= 4 is 35.0 Å². The van der Waals surface area contributed by atoms with Crippen molar-refractivity contribution in [1.82, 2.24) is 0 Å². The maximum Gasteiger partial charge on any atom is 0.237 e. The zero-order valence-electron chi connectivity index (χ0n) is 12.1. The van der Waals surface area contributed by atoms with Crippen LogP contribution < -0.4 is 10.1 Å². The monoisotopic (exact) mass is 339 g/mol. The molecule has 0 saturated heterocycles. The van der Waals surface area contributed by atoms with Gasteiger partial charge in [0, 0.05) is 16.6 Å². The molecule has 0 bridgehead atoms. The zero-order valence-corrected chi connectivity index (χ0v) is 13.7. The molecule has 0 spiro atoms. The van der Waals surface area contributed by atoms with Gasteiger partial charge in [0.15, 0.2) is 0 Å². The zero-order chi connectivity index (χ0) is 16.1. The van der Waals surface area contributed by atoms with Crippen molar-refractivity contribution in [2.24, 2.45) is 0 Å². The summed E-state index contributed by atoms with van der Waals surface area (Å²) in [7, 11) is 1.57. The molecule has 22 heavy (non-hydrogen) atoms. The summed E-state index contributed by atoms with van der Waals surface area (Å²) in [6.07, 6.45) is 0. The SMILES string of the molecule is COc1cccc(NC(=O)C(C)Sc2ccc(F)c(Cl)c2)c1. The Morgan fingerprint density at radius 3 is 2.77 bits per heavy atom. The highest BCUT2D eigenvalue weighted by atomic mass is 35.5. The van der Waals surface area contributed by atoms with Gasteiger partial charge in [0.2, 0.25) is 5.91 Å². The third-order valence-corrected chi connectivity index (χ3v) is 4.29. The number of amides is 1. The minimum absolute atomic E-state index is 0.0467. The van der Waals surface area contributed by atoms with E-state index in [1.807, 2.05) is 0 Å². The highest BCUT2D eigenvalue weighted by molar-refractivity contribution is 8.00. The van der Waals surface area contributed by atoms with E-state index in [2.05, 4.69) is 5.32 Å². The molecule has 1 N–H and O–H groups in total. The molecule has 2 aromatic carbocycles. The van der Waals surface area contributed by atoms with Crippen LogP contribution >= 0.6 is 23.4 Å². The average molecular weight is 340 g/mol. The van der Waals surface area contributed by atoms with Crippen LogP contribution in [0.1, 0.15) is 6.92 Å². The van der Waals surface area contributed by atoms with E-state index in [4.69, 9.17) is 16.3 Å². The Hall–Kier alpha value is -1.72. The van der Waals surface area contributed by atoms with Crippen LogP contribution in [-0.2, 0) is 4.79 Å². The fourth-order valence-electron chi connectivity index (χ4n) is 1.75. The first-order chi connectivity index (χ1) is 10.5. The second-order valence-electron chi connectivity index (χ2n) is 4.56. The molecule has 0 aliphatic carbocycles. The second kappa shape index (κ2) is 7.51. The molecule has 3 nitrogen and oxygen atoms in total. The minimum Gasteiger partial charge on any atom is -0.497 e. The Morgan fingerprint density at radius 2 is 2.09 bits per heavy atom. The molecular weight excluding hydrogens is 325 g/mol. The summed E-state index contributed by atoms with van der Waals surface area (Å²) in [5.74, 6) is 0.0432. The molecule has 2 rings (SSSR count).